The molecular formula is C35H29ClF7N7O2S. The number of fused-ring (bicyclic) bond motifs is 3. The van der Waals surface area contributed by atoms with Crippen LogP contribution in [-0.2, 0) is 4.79 Å². The van der Waals surface area contributed by atoms with Crippen LogP contribution < -0.4 is 15.4 Å². The Balaban J connectivity index is 1.17. The van der Waals surface area contributed by atoms with Crippen LogP contribution in [0.4, 0.5) is 41.6 Å². The number of likely N-dealkylation sites (tertiary alicyclic amines) is 1. The van der Waals surface area contributed by atoms with E-state index in [0.29, 0.717) is 13.0 Å². The van der Waals surface area contributed by atoms with Crippen LogP contribution in [0.3, 0.4) is 0 Å². The lowest BCUT2D eigenvalue weighted by molar-refractivity contribution is -0.235. The van der Waals surface area contributed by atoms with E-state index in [0.717, 1.165) is 28.7 Å². The number of amides is 1. The summed E-state index contributed by atoms with van der Waals surface area (Å²) in [6, 6.07) is 5.29. The number of nitriles is 1. The van der Waals surface area contributed by atoms with Crippen molar-refractivity contribution in [3.05, 3.63) is 40.4 Å². The number of aromatic nitrogens is 2. The molecule has 2 N–H and O–H groups in total. The highest BCUT2D eigenvalue weighted by Crippen LogP contribution is 2.57. The molecule has 278 valence electrons. The van der Waals surface area contributed by atoms with Gasteiger partial charge in [-0.3, -0.25) is 9.69 Å². The summed E-state index contributed by atoms with van der Waals surface area (Å²) in [7, 11) is 0. The molecule has 1 saturated carbocycles. The molecule has 18 heteroatoms. The number of thiophene rings is 1. The van der Waals surface area contributed by atoms with Gasteiger partial charge in [0.2, 0.25) is 5.91 Å². The number of halogens is 8. The lowest BCUT2D eigenvalue weighted by Gasteiger charge is -2.56. The van der Waals surface area contributed by atoms with Crippen LogP contribution in [0.15, 0.2) is 18.2 Å². The molecule has 5 fully saturated rings. The van der Waals surface area contributed by atoms with E-state index in [1.807, 2.05) is 11.0 Å². The zero-order valence-electron chi connectivity index (χ0n) is 27.7. The van der Waals surface area contributed by atoms with Crippen molar-refractivity contribution >= 4 is 60.7 Å². The molecule has 53 heavy (non-hydrogen) atoms. The minimum Gasteiger partial charge on any atom is -0.461 e. The summed E-state index contributed by atoms with van der Waals surface area (Å²) in [6.07, 6.45) is -0.410. The molecule has 4 aromatic rings. The standard InChI is InChI=1S/C35H29ClF7N7O2S/c36-21-8-18-26(25(39)24(21)17-2-3-22(38)27-23(17)19(11-44)28(45)53-27)46-31(52-15-32-4-1-6-49(32)12-16(37)9-32)47-29(18)48-7-5-33(13-48)35(42,43)14-50(33)30(51)20-10-34(20,40)41/h2-3,8,16,20H,1,4-7,9-10,12-15,45H2/t16-,20?,32+,33?/m1/s1. The van der Waals surface area contributed by atoms with Crippen LogP contribution in [-0.4, -0.2) is 94.1 Å². The lowest BCUT2D eigenvalue weighted by Crippen LogP contribution is -2.77. The largest absolute Gasteiger partial charge is 0.461 e. The Labute approximate surface area is 306 Å². The van der Waals surface area contributed by atoms with Crippen molar-refractivity contribution in [2.45, 2.75) is 61.2 Å². The van der Waals surface area contributed by atoms with Crippen LogP contribution in [0.1, 0.15) is 37.7 Å². The number of nitrogens with zero attached hydrogens (tertiary/aromatic N) is 6. The Morgan fingerprint density at radius 3 is 2.62 bits per heavy atom. The smallest absolute Gasteiger partial charge is 0.319 e. The highest BCUT2D eigenvalue weighted by molar-refractivity contribution is 7.23. The van der Waals surface area contributed by atoms with Crippen LogP contribution in [0, 0.1) is 28.9 Å². The Hall–Kier alpha value is -4.14. The molecule has 4 atom stereocenters. The number of hydrogen-bond donors (Lipinski definition) is 1. The zero-order valence-corrected chi connectivity index (χ0v) is 29.2. The molecule has 0 radical (unpaired) electrons. The van der Waals surface area contributed by atoms with Crippen LogP contribution in [0.5, 0.6) is 6.01 Å². The summed E-state index contributed by atoms with van der Waals surface area (Å²) < 4.78 is 111. The third kappa shape index (κ3) is 4.93. The van der Waals surface area contributed by atoms with Crippen molar-refractivity contribution in [2.24, 2.45) is 5.92 Å². The second-order valence-electron chi connectivity index (χ2n) is 14.7. The number of benzene rings is 2. The molecule has 9 rings (SSSR count). The molecule has 1 amide bonds. The third-order valence-corrected chi connectivity index (χ3v) is 13.1. The normalized spacial score (nSPS) is 28.5. The number of carbonyl (C=O) groups is 1. The van der Waals surface area contributed by atoms with Crippen molar-refractivity contribution in [2.75, 3.05) is 50.0 Å². The summed E-state index contributed by atoms with van der Waals surface area (Å²) >= 11 is 7.58. The first-order valence-electron chi connectivity index (χ1n) is 17.0. The average Bonchev–Trinajstić information content (AvgIpc) is 3.58. The molecule has 5 aliphatic rings. The Morgan fingerprint density at radius 1 is 1.13 bits per heavy atom. The van der Waals surface area contributed by atoms with Crippen molar-refractivity contribution in [1.29, 1.82) is 5.26 Å². The molecule has 1 aliphatic carbocycles. The van der Waals surface area contributed by atoms with Crippen LogP contribution >= 0.6 is 22.9 Å². The van der Waals surface area contributed by atoms with Crippen molar-refractivity contribution in [1.82, 2.24) is 19.8 Å². The van der Waals surface area contributed by atoms with Crippen molar-refractivity contribution in [3.63, 3.8) is 0 Å². The monoisotopic (exact) mass is 779 g/mol. The molecule has 2 unspecified atom stereocenters. The van der Waals surface area contributed by atoms with E-state index in [2.05, 4.69) is 9.97 Å². The number of rotatable bonds is 6. The van der Waals surface area contributed by atoms with Gasteiger partial charge in [-0.2, -0.15) is 15.2 Å². The summed E-state index contributed by atoms with van der Waals surface area (Å²) in [5.74, 6) is -11.1. The highest BCUT2D eigenvalue weighted by atomic mass is 35.5. The summed E-state index contributed by atoms with van der Waals surface area (Å²) in [5.41, 5.74) is 2.66. The molecular weight excluding hydrogens is 751 g/mol. The van der Waals surface area contributed by atoms with E-state index >= 15 is 13.2 Å². The predicted molar refractivity (Wildman–Crippen MR) is 182 cm³/mol. The first kappa shape index (κ1) is 34.6. The summed E-state index contributed by atoms with van der Waals surface area (Å²) in [4.78, 5) is 26.2. The van der Waals surface area contributed by atoms with Gasteiger partial charge in [0.25, 0.3) is 11.8 Å². The van der Waals surface area contributed by atoms with E-state index in [4.69, 9.17) is 22.1 Å². The van der Waals surface area contributed by atoms with Gasteiger partial charge < -0.3 is 20.3 Å². The topological polar surface area (TPSA) is 112 Å². The number of carbonyl (C=O) groups excluding carboxylic acids is 1. The number of ether oxygens (including phenoxy) is 1. The van der Waals surface area contributed by atoms with Gasteiger partial charge in [-0.1, -0.05) is 17.7 Å². The summed E-state index contributed by atoms with van der Waals surface area (Å²) in [6.45, 7) is -0.784. The van der Waals surface area contributed by atoms with Gasteiger partial charge in [-0.15, -0.1) is 11.3 Å². The second kappa shape index (κ2) is 11.4. The minimum absolute atomic E-state index is 0.00877. The van der Waals surface area contributed by atoms with Gasteiger partial charge in [0.15, 0.2) is 5.82 Å². The molecule has 6 heterocycles. The first-order valence-corrected chi connectivity index (χ1v) is 18.2. The number of anilines is 2. The van der Waals surface area contributed by atoms with Crippen molar-refractivity contribution < 1.29 is 40.3 Å². The Kier molecular flexibility index (Phi) is 7.47. The van der Waals surface area contributed by atoms with Crippen LogP contribution in [0.2, 0.25) is 5.02 Å². The van der Waals surface area contributed by atoms with E-state index in [9.17, 15) is 27.6 Å². The van der Waals surface area contributed by atoms with Gasteiger partial charge >= 0.3 is 6.01 Å². The number of nitrogens with two attached hydrogens (primary N) is 1. The number of hydrogen-bond acceptors (Lipinski definition) is 9. The fraction of sp³-hybridized carbons (Fsp3) is 0.486. The van der Waals surface area contributed by atoms with Crippen LogP contribution in [0.25, 0.3) is 32.1 Å². The SMILES string of the molecule is N#Cc1c(N)sc2c(F)ccc(-c3c(Cl)cc4c(N5CCC6(C5)N(C(=O)C5CC5(F)F)CC6(F)F)nc(OC[C@@]56CCCN5C[C@H](F)C6)nc4c3F)c12. The van der Waals surface area contributed by atoms with E-state index in [1.54, 1.807) is 0 Å². The second-order valence-corrected chi connectivity index (χ2v) is 16.2. The van der Waals surface area contributed by atoms with E-state index < -0.39 is 72.1 Å². The molecule has 4 aliphatic heterocycles. The molecule has 1 spiro atoms. The van der Waals surface area contributed by atoms with E-state index in [1.165, 1.54) is 17.0 Å². The lowest BCUT2D eigenvalue weighted by atomic mass is 9.79. The van der Waals surface area contributed by atoms with Gasteiger partial charge in [0, 0.05) is 48.8 Å². The molecule has 2 aromatic carbocycles. The molecule has 0 bridgehead atoms. The van der Waals surface area contributed by atoms with Gasteiger partial charge in [0.05, 0.1) is 27.4 Å². The fourth-order valence-corrected chi connectivity index (χ4v) is 10.2. The minimum atomic E-state index is -3.41. The molecule has 2 aromatic heterocycles. The Morgan fingerprint density at radius 2 is 1.91 bits per heavy atom. The third-order valence-electron chi connectivity index (χ3n) is 11.8. The first-order chi connectivity index (χ1) is 25.1. The number of nitrogen functional groups attached to an aromatic ring is 1. The molecule has 9 nitrogen and oxygen atoms in total. The number of alkyl halides is 5. The zero-order chi connectivity index (χ0) is 37.4. The van der Waals surface area contributed by atoms with E-state index in [-0.39, 0.29) is 92.1 Å². The maximum absolute atomic E-state index is 17.1. The average molecular weight is 780 g/mol. The maximum atomic E-state index is 17.1. The molecule has 4 saturated heterocycles. The maximum Gasteiger partial charge on any atom is 0.319 e. The van der Waals surface area contributed by atoms with Crippen molar-refractivity contribution in [3.8, 4) is 23.2 Å². The van der Waals surface area contributed by atoms with Gasteiger partial charge in [0.1, 0.15) is 52.5 Å². The highest BCUT2D eigenvalue weighted by Gasteiger charge is 2.74. The predicted octanol–water partition coefficient (Wildman–Crippen LogP) is 6.93. The van der Waals surface area contributed by atoms with Gasteiger partial charge in [-0.25, -0.2) is 30.7 Å². The fourth-order valence-electron chi connectivity index (χ4n) is 8.92. The quantitative estimate of drug-likeness (QED) is 0.210. The van der Waals surface area contributed by atoms with Gasteiger partial charge in [-0.05, 0) is 43.5 Å². The Bertz CT molecular complexity index is 2300. The summed E-state index contributed by atoms with van der Waals surface area (Å²) in [5, 5.41) is 9.71.